The maximum absolute atomic E-state index is 11.7. The molecule has 0 radical (unpaired) electrons. The normalized spacial score (nSPS) is 12.3. The van der Waals surface area contributed by atoms with E-state index in [0.29, 0.717) is 6.42 Å². The Labute approximate surface area is 134 Å². The first kappa shape index (κ1) is 18.6. The Morgan fingerprint density at radius 1 is 1.22 bits per heavy atom. The summed E-state index contributed by atoms with van der Waals surface area (Å²) in [7, 11) is 0. The number of nitrogens with zero attached hydrogens (tertiary/aromatic N) is 1. The number of aliphatic hydroxyl groups excluding tert-OH is 1. The van der Waals surface area contributed by atoms with Gasteiger partial charge in [0.05, 0.1) is 11.0 Å². The van der Waals surface area contributed by atoms with Gasteiger partial charge in [0.25, 0.3) is 5.69 Å². The number of carbonyl (C=O) groups is 2. The predicted octanol–water partition coefficient (Wildman–Crippen LogP) is 1.45. The second-order valence-electron chi connectivity index (χ2n) is 6.18. The van der Waals surface area contributed by atoms with Crippen LogP contribution in [0.5, 0.6) is 0 Å². The van der Waals surface area contributed by atoms with E-state index in [1.165, 1.54) is 24.3 Å². The molecule has 1 aromatic rings. The molecule has 8 heteroatoms. The summed E-state index contributed by atoms with van der Waals surface area (Å²) in [6, 6.07) is 5.14. The number of nitro benzene ring substituents is 1. The van der Waals surface area contributed by atoms with E-state index in [1.807, 2.05) is 20.8 Å². The zero-order valence-electron chi connectivity index (χ0n) is 13.3. The Bertz CT molecular complexity index is 578. The molecule has 0 bridgehead atoms. The number of nitro groups is 1. The minimum absolute atomic E-state index is 0.108. The van der Waals surface area contributed by atoms with Gasteiger partial charge in [-0.3, -0.25) is 19.7 Å². The molecular formula is C15H21N3O5. The topological polar surface area (TPSA) is 122 Å². The molecule has 0 fully saturated rings. The molecule has 0 aliphatic rings. The number of nitrogens with one attached hydrogen (secondary N) is 2. The summed E-state index contributed by atoms with van der Waals surface area (Å²) in [5.74, 6) is -1.70. The van der Waals surface area contributed by atoms with Crippen LogP contribution in [0, 0.1) is 15.5 Å². The quantitative estimate of drug-likeness (QED) is 0.430. The molecule has 0 aliphatic carbocycles. The van der Waals surface area contributed by atoms with Crippen LogP contribution in [-0.2, 0) is 9.59 Å². The van der Waals surface area contributed by atoms with E-state index in [9.17, 15) is 24.8 Å². The van der Waals surface area contributed by atoms with Gasteiger partial charge in [0.15, 0.2) is 0 Å². The van der Waals surface area contributed by atoms with Crippen molar-refractivity contribution in [1.82, 2.24) is 5.32 Å². The lowest BCUT2D eigenvalue weighted by molar-refractivity contribution is -0.384. The van der Waals surface area contributed by atoms with Crippen LogP contribution in [-0.4, -0.2) is 34.5 Å². The molecule has 0 saturated carbocycles. The van der Waals surface area contributed by atoms with Crippen molar-refractivity contribution >= 4 is 23.2 Å². The molecule has 0 aliphatic heterocycles. The minimum atomic E-state index is -0.871. The summed E-state index contributed by atoms with van der Waals surface area (Å²) in [6.07, 6.45) is -0.263. The standard InChI is InChI=1S/C15H21N3O5/c1-15(2,3)12(19)8-9-16-13(20)14(21)17-10-4-6-11(7-5-10)18(22)23/h4-7,12,19H,8-9H2,1-3H3,(H,16,20)(H,17,21). The first-order valence-corrected chi connectivity index (χ1v) is 7.13. The second kappa shape index (κ2) is 7.68. The highest BCUT2D eigenvalue weighted by Gasteiger charge is 2.22. The highest BCUT2D eigenvalue weighted by molar-refractivity contribution is 6.39. The summed E-state index contributed by atoms with van der Waals surface area (Å²) in [4.78, 5) is 33.3. The molecule has 0 aromatic heterocycles. The average Bonchev–Trinajstić information content (AvgIpc) is 2.46. The number of anilines is 1. The van der Waals surface area contributed by atoms with Gasteiger partial charge in [0.2, 0.25) is 0 Å². The fourth-order valence-corrected chi connectivity index (χ4v) is 1.69. The van der Waals surface area contributed by atoms with E-state index in [0.717, 1.165) is 0 Å². The summed E-state index contributed by atoms with van der Waals surface area (Å²) in [5.41, 5.74) is -0.125. The van der Waals surface area contributed by atoms with Crippen LogP contribution in [0.3, 0.4) is 0 Å². The fraction of sp³-hybridized carbons (Fsp3) is 0.467. The smallest absolute Gasteiger partial charge is 0.313 e. The molecular weight excluding hydrogens is 302 g/mol. The van der Waals surface area contributed by atoms with E-state index in [1.54, 1.807) is 0 Å². The molecule has 2 amide bonds. The van der Waals surface area contributed by atoms with Crippen LogP contribution in [0.25, 0.3) is 0 Å². The van der Waals surface area contributed by atoms with Gasteiger partial charge in [0, 0.05) is 24.4 Å². The van der Waals surface area contributed by atoms with Crippen LogP contribution in [0.4, 0.5) is 11.4 Å². The second-order valence-corrected chi connectivity index (χ2v) is 6.18. The third kappa shape index (κ3) is 6.03. The van der Waals surface area contributed by atoms with Gasteiger partial charge in [-0.05, 0) is 24.0 Å². The Hall–Kier alpha value is -2.48. The first-order chi connectivity index (χ1) is 10.6. The zero-order chi connectivity index (χ0) is 17.6. The third-order valence-corrected chi connectivity index (χ3v) is 3.25. The lowest BCUT2D eigenvalue weighted by atomic mass is 9.87. The molecule has 3 N–H and O–H groups in total. The summed E-state index contributed by atoms with van der Waals surface area (Å²) >= 11 is 0. The molecule has 8 nitrogen and oxygen atoms in total. The predicted molar refractivity (Wildman–Crippen MR) is 84.8 cm³/mol. The maximum Gasteiger partial charge on any atom is 0.313 e. The molecule has 23 heavy (non-hydrogen) atoms. The van der Waals surface area contributed by atoms with E-state index in [-0.39, 0.29) is 23.3 Å². The van der Waals surface area contributed by atoms with Gasteiger partial charge in [-0.25, -0.2) is 0 Å². The van der Waals surface area contributed by atoms with Crippen molar-refractivity contribution in [2.45, 2.75) is 33.3 Å². The van der Waals surface area contributed by atoms with Gasteiger partial charge in [0.1, 0.15) is 0 Å². The van der Waals surface area contributed by atoms with Crippen molar-refractivity contribution in [2.24, 2.45) is 5.41 Å². The summed E-state index contributed by atoms with van der Waals surface area (Å²) < 4.78 is 0. The Morgan fingerprint density at radius 3 is 2.26 bits per heavy atom. The number of aliphatic hydroxyl groups is 1. The molecule has 0 spiro atoms. The molecule has 1 aromatic carbocycles. The first-order valence-electron chi connectivity index (χ1n) is 7.13. The van der Waals surface area contributed by atoms with Gasteiger partial charge >= 0.3 is 11.8 Å². The monoisotopic (exact) mass is 323 g/mol. The Kier molecular flexibility index (Phi) is 6.20. The number of hydrogen-bond donors (Lipinski definition) is 3. The third-order valence-electron chi connectivity index (χ3n) is 3.25. The maximum atomic E-state index is 11.7. The number of rotatable bonds is 5. The summed E-state index contributed by atoms with van der Waals surface area (Å²) in [5, 5.41) is 25.1. The highest BCUT2D eigenvalue weighted by atomic mass is 16.6. The van der Waals surface area contributed by atoms with Crippen LogP contribution in [0.2, 0.25) is 0 Å². The van der Waals surface area contributed by atoms with Gasteiger partial charge < -0.3 is 15.7 Å². The molecule has 126 valence electrons. The fourth-order valence-electron chi connectivity index (χ4n) is 1.69. The number of carbonyl (C=O) groups excluding carboxylic acids is 2. The van der Waals surface area contributed by atoms with Crippen molar-refractivity contribution in [3.05, 3.63) is 34.4 Å². The van der Waals surface area contributed by atoms with E-state index in [4.69, 9.17) is 0 Å². The van der Waals surface area contributed by atoms with E-state index in [2.05, 4.69) is 10.6 Å². The summed E-state index contributed by atoms with van der Waals surface area (Å²) in [6.45, 7) is 5.80. The molecule has 0 saturated heterocycles. The number of amides is 2. The average molecular weight is 323 g/mol. The number of hydrogen-bond acceptors (Lipinski definition) is 5. The number of benzene rings is 1. The van der Waals surface area contributed by atoms with E-state index < -0.39 is 22.8 Å². The number of non-ortho nitro benzene ring substituents is 1. The Morgan fingerprint density at radius 2 is 1.78 bits per heavy atom. The SMILES string of the molecule is CC(C)(C)C(O)CCNC(=O)C(=O)Nc1ccc([N+](=O)[O-])cc1. The molecule has 0 heterocycles. The van der Waals surface area contributed by atoms with Crippen molar-refractivity contribution in [3.63, 3.8) is 0 Å². The molecule has 1 atom stereocenters. The van der Waals surface area contributed by atoms with Crippen molar-refractivity contribution < 1.29 is 19.6 Å². The van der Waals surface area contributed by atoms with Crippen molar-refractivity contribution in [1.29, 1.82) is 0 Å². The molecule has 1 rings (SSSR count). The van der Waals surface area contributed by atoms with Gasteiger partial charge in [-0.15, -0.1) is 0 Å². The minimum Gasteiger partial charge on any atom is -0.393 e. The Balaban J connectivity index is 2.45. The van der Waals surface area contributed by atoms with Crippen LogP contribution < -0.4 is 10.6 Å². The van der Waals surface area contributed by atoms with Crippen LogP contribution in [0.1, 0.15) is 27.2 Å². The lowest BCUT2D eigenvalue weighted by Gasteiger charge is -2.25. The largest absolute Gasteiger partial charge is 0.393 e. The highest BCUT2D eigenvalue weighted by Crippen LogP contribution is 2.20. The van der Waals surface area contributed by atoms with Crippen molar-refractivity contribution in [2.75, 3.05) is 11.9 Å². The van der Waals surface area contributed by atoms with E-state index >= 15 is 0 Å². The van der Waals surface area contributed by atoms with Crippen LogP contribution >= 0.6 is 0 Å². The molecule has 1 unspecified atom stereocenters. The van der Waals surface area contributed by atoms with Crippen molar-refractivity contribution in [3.8, 4) is 0 Å². The zero-order valence-corrected chi connectivity index (χ0v) is 13.3. The lowest BCUT2D eigenvalue weighted by Crippen LogP contribution is -2.38. The van der Waals surface area contributed by atoms with Crippen LogP contribution in [0.15, 0.2) is 24.3 Å². The van der Waals surface area contributed by atoms with Gasteiger partial charge in [-0.2, -0.15) is 0 Å². The van der Waals surface area contributed by atoms with Gasteiger partial charge in [-0.1, -0.05) is 20.8 Å².